The lowest BCUT2D eigenvalue weighted by Crippen LogP contribution is -2.37. The molecule has 0 fully saturated rings. The first-order valence-electron chi connectivity index (χ1n) is 7.21. The molecule has 0 radical (unpaired) electrons. The van der Waals surface area contributed by atoms with Crippen molar-refractivity contribution in [2.24, 2.45) is 0 Å². The molecule has 20 heavy (non-hydrogen) atoms. The Hall–Kier alpha value is -0.580. The van der Waals surface area contributed by atoms with E-state index in [1.807, 2.05) is 20.9 Å². The molecule has 0 saturated carbocycles. The second-order valence-corrected chi connectivity index (χ2v) is 6.96. The van der Waals surface area contributed by atoms with Crippen LogP contribution in [0.1, 0.15) is 45.7 Å². The van der Waals surface area contributed by atoms with E-state index >= 15 is 0 Å². The summed E-state index contributed by atoms with van der Waals surface area (Å²) in [4.78, 5) is 2.12. The van der Waals surface area contributed by atoms with Crippen LogP contribution in [0.2, 0.25) is 0 Å². The van der Waals surface area contributed by atoms with Gasteiger partial charge in [-0.3, -0.25) is 0 Å². The number of aliphatic hydroxyl groups is 1. The van der Waals surface area contributed by atoms with Crippen LogP contribution in [0.3, 0.4) is 0 Å². The summed E-state index contributed by atoms with van der Waals surface area (Å²) in [6.45, 7) is 9.62. The quantitative estimate of drug-likeness (QED) is 0.792. The van der Waals surface area contributed by atoms with E-state index in [0.717, 1.165) is 23.1 Å². The predicted octanol–water partition coefficient (Wildman–Crippen LogP) is 3.72. The van der Waals surface area contributed by atoms with Gasteiger partial charge in [-0.1, -0.05) is 28.9 Å². The van der Waals surface area contributed by atoms with Gasteiger partial charge < -0.3 is 15.3 Å². The number of hydrogen-bond donors (Lipinski definition) is 2. The summed E-state index contributed by atoms with van der Waals surface area (Å²) in [7, 11) is 2.02. The summed E-state index contributed by atoms with van der Waals surface area (Å²) in [5, 5.41) is 13.5. The van der Waals surface area contributed by atoms with E-state index in [2.05, 4.69) is 58.2 Å². The van der Waals surface area contributed by atoms with Gasteiger partial charge in [0.05, 0.1) is 5.60 Å². The van der Waals surface area contributed by atoms with Crippen LogP contribution < -0.4 is 10.2 Å². The lowest BCUT2D eigenvalue weighted by molar-refractivity contribution is 0.0885. The third-order valence-electron chi connectivity index (χ3n) is 3.19. The van der Waals surface area contributed by atoms with Crippen molar-refractivity contribution >= 4 is 21.6 Å². The Morgan fingerprint density at radius 2 is 2.05 bits per heavy atom. The molecule has 0 aliphatic carbocycles. The first-order valence-corrected chi connectivity index (χ1v) is 8.00. The molecule has 114 valence electrons. The summed E-state index contributed by atoms with van der Waals surface area (Å²) in [6, 6.07) is 6.63. The zero-order chi connectivity index (χ0) is 15.3. The molecule has 0 aromatic heterocycles. The highest BCUT2D eigenvalue weighted by molar-refractivity contribution is 9.10. The average molecular weight is 343 g/mol. The van der Waals surface area contributed by atoms with Crippen molar-refractivity contribution < 1.29 is 5.11 Å². The fourth-order valence-electron chi connectivity index (χ4n) is 2.35. The van der Waals surface area contributed by atoms with Gasteiger partial charge in [0.15, 0.2) is 0 Å². The molecule has 0 amide bonds. The molecule has 2 N–H and O–H groups in total. The molecule has 0 spiro atoms. The van der Waals surface area contributed by atoms with Gasteiger partial charge in [0.25, 0.3) is 0 Å². The van der Waals surface area contributed by atoms with Gasteiger partial charge in [0, 0.05) is 29.8 Å². The predicted molar refractivity (Wildman–Crippen MR) is 90.4 cm³/mol. The van der Waals surface area contributed by atoms with Crippen molar-refractivity contribution in [1.82, 2.24) is 5.32 Å². The number of anilines is 1. The summed E-state index contributed by atoms with van der Waals surface area (Å²) >= 11 is 3.54. The van der Waals surface area contributed by atoms with Gasteiger partial charge in [0.2, 0.25) is 0 Å². The third-order valence-corrected chi connectivity index (χ3v) is 3.69. The minimum Gasteiger partial charge on any atom is -0.389 e. The second-order valence-electron chi connectivity index (χ2n) is 6.05. The number of benzene rings is 1. The fraction of sp³-hybridized carbons (Fsp3) is 0.625. The average Bonchev–Trinajstić information content (AvgIpc) is 2.33. The van der Waals surface area contributed by atoms with E-state index < -0.39 is 5.60 Å². The molecule has 1 atom stereocenters. The highest BCUT2D eigenvalue weighted by atomic mass is 79.9. The Morgan fingerprint density at radius 3 is 2.60 bits per heavy atom. The SMILES string of the molecule is CCCNC(C)c1ccc(Br)cc1N(C)CC(C)(C)O. The molecule has 1 unspecified atom stereocenters. The smallest absolute Gasteiger partial charge is 0.0765 e. The summed E-state index contributed by atoms with van der Waals surface area (Å²) in [5.74, 6) is 0. The number of rotatable bonds is 7. The summed E-state index contributed by atoms with van der Waals surface area (Å²) < 4.78 is 1.06. The zero-order valence-electron chi connectivity index (χ0n) is 13.2. The monoisotopic (exact) mass is 342 g/mol. The molecule has 0 aliphatic rings. The molecular formula is C16H27BrN2O. The van der Waals surface area contributed by atoms with E-state index in [1.54, 1.807) is 0 Å². The third kappa shape index (κ3) is 5.43. The van der Waals surface area contributed by atoms with Crippen molar-refractivity contribution in [3.8, 4) is 0 Å². The number of likely N-dealkylation sites (N-methyl/N-ethyl adjacent to an activating group) is 1. The lowest BCUT2D eigenvalue weighted by atomic mass is 10.0. The van der Waals surface area contributed by atoms with Crippen LogP contribution in [0.4, 0.5) is 5.69 Å². The zero-order valence-corrected chi connectivity index (χ0v) is 14.8. The van der Waals surface area contributed by atoms with Gasteiger partial charge in [0.1, 0.15) is 0 Å². The van der Waals surface area contributed by atoms with Crippen molar-refractivity contribution in [2.75, 3.05) is 25.0 Å². The largest absolute Gasteiger partial charge is 0.389 e. The molecule has 3 nitrogen and oxygen atoms in total. The van der Waals surface area contributed by atoms with Crippen molar-refractivity contribution in [3.63, 3.8) is 0 Å². The Kier molecular flexibility index (Phi) is 6.49. The van der Waals surface area contributed by atoms with E-state index in [1.165, 1.54) is 5.56 Å². The molecule has 0 aliphatic heterocycles. The van der Waals surface area contributed by atoms with Crippen LogP contribution in [0.15, 0.2) is 22.7 Å². The maximum Gasteiger partial charge on any atom is 0.0765 e. The normalized spacial score (nSPS) is 13.3. The fourth-order valence-corrected chi connectivity index (χ4v) is 2.70. The molecule has 1 aromatic rings. The topological polar surface area (TPSA) is 35.5 Å². The van der Waals surface area contributed by atoms with E-state index in [0.29, 0.717) is 12.6 Å². The second kappa shape index (κ2) is 7.43. The number of halogens is 1. The van der Waals surface area contributed by atoms with E-state index in [-0.39, 0.29) is 0 Å². The Balaban J connectivity index is 3.00. The van der Waals surface area contributed by atoms with Gasteiger partial charge in [-0.05, 0) is 51.4 Å². The van der Waals surface area contributed by atoms with E-state index in [9.17, 15) is 5.11 Å². The number of nitrogens with one attached hydrogen (secondary N) is 1. The first kappa shape index (κ1) is 17.5. The Labute approximate surface area is 131 Å². The minimum atomic E-state index is -0.714. The van der Waals surface area contributed by atoms with Gasteiger partial charge in [-0.2, -0.15) is 0 Å². The minimum absolute atomic E-state index is 0.294. The lowest BCUT2D eigenvalue weighted by Gasteiger charge is -2.30. The van der Waals surface area contributed by atoms with Crippen molar-refractivity contribution in [2.45, 2.75) is 45.8 Å². The van der Waals surface area contributed by atoms with Crippen LogP contribution in [0.25, 0.3) is 0 Å². The molecule has 1 rings (SSSR count). The standard InChI is InChI=1S/C16H27BrN2O/c1-6-9-18-12(2)14-8-7-13(17)10-15(14)19(5)11-16(3,4)20/h7-8,10,12,18,20H,6,9,11H2,1-5H3. The molecule has 0 bridgehead atoms. The summed E-state index contributed by atoms with van der Waals surface area (Å²) in [5.41, 5.74) is 1.69. The Morgan fingerprint density at radius 1 is 1.40 bits per heavy atom. The van der Waals surface area contributed by atoms with Crippen molar-refractivity contribution in [3.05, 3.63) is 28.2 Å². The molecule has 0 saturated heterocycles. The first-order chi connectivity index (χ1) is 9.24. The maximum absolute atomic E-state index is 10.0. The number of hydrogen-bond acceptors (Lipinski definition) is 3. The van der Waals surface area contributed by atoms with Crippen LogP contribution in [-0.4, -0.2) is 30.8 Å². The van der Waals surface area contributed by atoms with Crippen LogP contribution in [-0.2, 0) is 0 Å². The van der Waals surface area contributed by atoms with Gasteiger partial charge in [-0.25, -0.2) is 0 Å². The van der Waals surface area contributed by atoms with Crippen molar-refractivity contribution in [1.29, 1.82) is 0 Å². The highest BCUT2D eigenvalue weighted by Gasteiger charge is 2.19. The van der Waals surface area contributed by atoms with Crippen LogP contribution >= 0.6 is 15.9 Å². The highest BCUT2D eigenvalue weighted by Crippen LogP contribution is 2.30. The van der Waals surface area contributed by atoms with E-state index in [4.69, 9.17) is 0 Å². The Bertz CT molecular complexity index is 429. The molecule has 1 aromatic carbocycles. The van der Waals surface area contributed by atoms with Gasteiger partial charge >= 0.3 is 0 Å². The molecule has 4 heteroatoms. The summed E-state index contributed by atoms with van der Waals surface area (Å²) in [6.07, 6.45) is 1.12. The van der Waals surface area contributed by atoms with Gasteiger partial charge in [-0.15, -0.1) is 0 Å². The number of nitrogens with zero attached hydrogens (tertiary/aromatic N) is 1. The molecular weight excluding hydrogens is 316 g/mol. The van der Waals surface area contributed by atoms with Crippen LogP contribution in [0.5, 0.6) is 0 Å². The van der Waals surface area contributed by atoms with Crippen LogP contribution in [0, 0.1) is 0 Å². The maximum atomic E-state index is 10.0. The molecule has 0 heterocycles.